The van der Waals surface area contributed by atoms with Crippen LogP contribution in [-0.4, -0.2) is 48.8 Å². The van der Waals surface area contributed by atoms with Gasteiger partial charge in [0, 0.05) is 36.4 Å². The summed E-state index contributed by atoms with van der Waals surface area (Å²) in [4.78, 5) is 2.03. The van der Waals surface area contributed by atoms with Crippen LogP contribution in [-0.2, 0) is 16.4 Å². The topological polar surface area (TPSA) is 87.2 Å². The Balaban J connectivity index is 2.22. The number of nitrogen functional groups attached to an aromatic ring is 1. The second kappa shape index (κ2) is 6.37. The SMILES string of the molecule is Cc1cc(C(=N)N)ccc1CN1CCSCC1S(C)(=O)=O. The largest absolute Gasteiger partial charge is 0.384 e. The first-order valence-electron chi connectivity index (χ1n) is 6.73. The highest BCUT2D eigenvalue weighted by Gasteiger charge is 2.31. The molecule has 0 spiro atoms. The van der Waals surface area contributed by atoms with Gasteiger partial charge in [-0.15, -0.1) is 0 Å². The van der Waals surface area contributed by atoms with Crippen molar-refractivity contribution in [1.82, 2.24) is 4.90 Å². The maximum atomic E-state index is 11.9. The van der Waals surface area contributed by atoms with E-state index in [1.165, 1.54) is 6.26 Å². The molecule has 0 radical (unpaired) electrons. The number of nitrogens with two attached hydrogens (primary N) is 1. The Morgan fingerprint density at radius 3 is 2.81 bits per heavy atom. The van der Waals surface area contributed by atoms with Gasteiger partial charge in [-0.25, -0.2) is 8.42 Å². The van der Waals surface area contributed by atoms with Crippen molar-refractivity contribution in [3.05, 3.63) is 34.9 Å². The molecule has 1 unspecified atom stereocenters. The zero-order valence-corrected chi connectivity index (χ0v) is 13.9. The number of hydrogen-bond donors (Lipinski definition) is 2. The molecule has 1 saturated heterocycles. The molecule has 0 bridgehead atoms. The van der Waals surface area contributed by atoms with E-state index in [1.807, 2.05) is 30.0 Å². The van der Waals surface area contributed by atoms with E-state index in [0.29, 0.717) is 17.9 Å². The number of amidine groups is 1. The van der Waals surface area contributed by atoms with E-state index in [9.17, 15) is 8.42 Å². The van der Waals surface area contributed by atoms with Crippen molar-refractivity contribution >= 4 is 27.4 Å². The minimum absolute atomic E-state index is 0.0491. The van der Waals surface area contributed by atoms with Crippen molar-refractivity contribution in [2.45, 2.75) is 18.8 Å². The molecule has 1 fully saturated rings. The fourth-order valence-corrected chi connectivity index (χ4v) is 5.39. The molecule has 1 atom stereocenters. The Morgan fingerprint density at radius 1 is 1.52 bits per heavy atom. The van der Waals surface area contributed by atoms with E-state index in [4.69, 9.17) is 11.1 Å². The molecular formula is C14H21N3O2S2. The van der Waals surface area contributed by atoms with E-state index in [-0.39, 0.29) is 5.84 Å². The van der Waals surface area contributed by atoms with E-state index in [1.54, 1.807) is 11.8 Å². The molecule has 0 saturated carbocycles. The van der Waals surface area contributed by atoms with Gasteiger partial charge in [-0.2, -0.15) is 11.8 Å². The highest BCUT2D eigenvalue weighted by atomic mass is 32.2. The summed E-state index contributed by atoms with van der Waals surface area (Å²) in [5.41, 5.74) is 8.31. The highest BCUT2D eigenvalue weighted by molar-refractivity contribution is 8.00. The van der Waals surface area contributed by atoms with Crippen LogP contribution in [0.4, 0.5) is 0 Å². The average Bonchev–Trinajstić information content (AvgIpc) is 2.40. The first-order valence-corrected chi connectivity index (χ1v) is 9.84. The maximum Gasteiger partial charge on any atom is 0.164 e. The highest BCUT2D eigenvalue weighted by Crippen LogP contribution is 2.23. The number of hydrogen-bond acceptors (Lipinski definition) is 5. The normalized spacial score (nSPS) is 20.4. The van der Waals surface area contributed by atoms with Crippen LogP contribution in [0, 0.1) is 12.3 Å². The summed E-state index contributed by atoms with van der Waals surface area (Å²) in [6.07, 6.45) is 1.31. The minimum Gasteiger partial charge on any atom is -0.384 e. The van der Waals surface area contributed by atoms with E-state index in [0.717, 1.165) is 23.4 Å². The van der Waals surface area contributed by atoms with Crippen molar-refractivity contribution in [3.8, 4) is 0 Å². The summed E-state index contributed by atoms with van der Waals surface area (Å²) >= 11 is 1.69. The molecule has 3 N–H and O–H groups in total. The average molecular weight is 327 g/mol. The number of nitrogens with zero attached hydrogens (tertiary/aromatic N) is 1. The third kappa shape index (κ3) is 3.99. The smallest absolute Gasteiger partial charge is 0.164 e. The van der Waals surface area contributed by atoms with Crippen molar-refractivity contribution in [1.29, 1.82) is 5.41 Å². The molecular weight excluding hydrogens is 306 g/mol. The van der Waals surface area contributed by atoms with Gasteiger partial charge in [-0.1, -0.05) is 12.1 Å². The number of sulfone groups is 1. The van der Waals surface area contributed by atoms with Crippen LogP contribution in [0.15, 0.2) is 18.2 Å². The quantitative estimate of drug-likeness (QED) is 0.641. The van der Waals surface area contributed by atoms with Crippen LogP contribution >= 0.6 is 11.8 Å². The summed E-state index contributed by atoms with van der Waals surface area (Å²) < 4.78 is 23.8. The molecule has 5 nitrogen and oxygen atoms in total. The summed E-state index contributed by atoms with van der Waals surface area (Å²) in [5.74, 6) is 1.63. The van der Waals surface area contributed by atoms with Gasteiger partial charge in [0.2, 0.25) is 0 Å². The van der Waals surface area contributed by atoms with Gasteiger partial charge in [-0.05, 0) is 24.1 Å². The predicted octanol–water partition coefficient (Wildman–Crippen LogP) is 1.20. The lowest BCUT2D eigenvalue weighted by atomic mass is 10.0. The molecule has 1 aromatic carbocycles. The molecule has 116 valence electrons. The number of aryl methyl sites for hydroxylation is 1. The molecule has 0 amide bonds. The summed E-state index contributed by atoms with van der Waals surface area (Å²) in [5, 5.41) is 7.04. The summed E-state index contributed by atoms with van der Waals surface area (Å²) in [7, 11) is -3.08. The molecule has 7 heteroatoms. The third-order valence-corrected chi connectivity index (χ3v) is 6.40. The Labute approximate surface area is 130 Å². The molecule has 1 aliphatic rings. The maximum absolute atomic E-state index is 11.9. The fraction of sp³-hybridized carbons (Fsp3) is 0.500. The van der Waals surface area contributed by atoms with Gasteiger partial charge in [0.15, 0.2) is 9.84 Å². The Hall–Kier alpha value is -1.05. The van der Waals surface area contributed by atoms with Gasteiger partial charge >= 0.3 is 0 Å². The van der Waals surface area contributed by atoms with Crippen LogP contribution in [0.25, 0.3) is 0 Å². The van der Waals surface area contributed by atoms with Crippen LogP contribution < -0.4 is 5.73 Å². The van der Waals surface area contributed by atoms with Crippen LogP contribution in [0.2, 0.25) is 0 Å². The zero-order valence-electron chi connectivity index (χ0n) is 12.3. The van der Waals surface area contributed by atoms with E-state index < -0.39 is 15.2 Å². The van der Waals surface area contributed by atoms with Crippen molar-refractivity contribution in [2.75, 3.05) is 24.3 Å². The standard InChI is InChI=1S/C14H21N3O2S2/c1-10-7-11(14(15)16)3-4-12(10)8-17-5-6-20-9-13(17)21(2,18)19/h3-4,7,13H,5-6,8-9H2,1-2H3,(H3,15,16). The van der Waals surface area contributed by atoms with Crippen molar-refractivity contribution < 1.29 is 8.42 Å². The fourth-order valence-electron chi connectivity index (χ4n) is 2.45. The molecule has 0 aromatic heterocycles. The van der Waals surface area contributed by atoms with E-state index in [2.05, 4.69) is 0 Å². The van der Waals surface area contributed by atoms with Crippen LogP contribution in [0.1, 0.15) is 16.7 Å². The molecule has 21 heavy (non-hydrogen) atoms. The van der Waals surface area contributed by atoms with Crippen LogP contribution in [0.3, 0.4) is 0 Å². The predicted molar refractivity (Wildman–Crippen MR) is 88.6 cm³/mol. The second-order valence-corrected chi connectivity index (χ2v) is 8.74. The lowest BCUT2D eigenvalue weighted by molar-refractivity contribution is 0.262. The summed E-state index contributed by atoms with van der Waals surface area (Å²) in [6.45, 7) is 3.36. The molecule has 1 aromatic rings. The number of benzene rings is 1. The van der Waals surface area contributed by atoms with Gasteiger partial charge in [-0.3, -0.25) is 10.3 Å². The first-order chi connectivity index (χ1) is 9.79. The lowest BCUT2D eigenvalue weighted by Crippen LogP contribution is -2.46. The number of nitrogens with one attached hydrogen (secondary N) is 1. The molecule has 1 aliphatic heterocycles. The number of thioether (sulfide) groups is 1. The Kier molecular flexibility index (Phi) is 4.95. The third-order valence-electron chi connectivity index (χ3n) is 3.71. The first kappa shape index (κ1) is 16.3. The Morgan fingerprint density at radius 2 is 2.24 bits per heavy atom. The van der Waals surface area contributed by atoms with Crippen molar-refractivity contribution in [2.24, 2.45) is 5.73 Å². The van der Waals surface area contributed by atoms with Gasteiger partial charge < -0.3 is 5.73 Å². The molecule has 1 heterocycles. The Bertz CT molecular complexity index is 644. The molecule has 2 rings (SSSR count). The zero-order chi connectivity index (χ0) is 15.6. The molecule has 0 aliphatic carbocycles. The minimum atomic E-state index is -3.08. The lowest BCUT2D eigenvalue weighted by Gasteiger charge is -2.34. The van der Waals surface area contributed by atoms with Crippen LogP contribution in [0.5, 0.6) is 0 Å². The number of rotatable bonds is 4. The monoisotopic (exact) mass is 327 g/mol. The second-order valence-electron chi connectivity index (χ2n) is 5.38. The van der Waals surface area contributed by atoms with Gasteiger partial charge in [0.05, 0.1) is 0 Å². The van der Waals surface area contributed by atoms with E-state index >= 15 is 0 Å². The van der Waals surface area contributed by atoms with Gasteiger partial charge in [0.25, 0.3) is 0 Å². The van der Waals surface area contributed by atoms with Gasteiger partial charge in [0.1, 0.15) is 11.2 Å². The van der Waals surface area contributed by atoms with Crippen molar-refractivity contribution in [3.63, 3.8) is 0 Å². The summed E-state index contributed by atoms with van der Waals surface area (Å²) in [6, 6.07) is 5.64.